The molecule has 0 saturated heterocycles. The first-order valence-corrected chi connectivity index (χ1v) is 24.2. The lowest BCUT2D eigenvalue weighted by atomic mass is 9.96. The van der Waals surface area contributed by atoms with Crippen LogP contribution in [0.2, 0.25) is 0 Å². The Balaban J connectivity index is 0.000000191. The van der Waals surface area contributed by atoms with Crippen LogP contribution >= 0.6 is 0 Å². The Morgan fingerprint density at radius 2 is 1.03 bits per heavy atom. The number of hydrogen-bond acceptors (Lipinski definition) is 10. The Morgan fingerprint density at radius 3 is 1.46 bits per heavy atom. The molecule has 0 aliphatic rings. The topological polar surface area (TPSA) is 174 Å². The SMILES string of the molecule is CCCCc1nc(C)n(-c2ccc(C)cn2)c(=O)c1Cc1ccc(-c2ccccc2-c2nnn[nH]2)cc1.CCCCc1nc(C)n(-c2ccc(C)cn2)c(=O)c1Cc1ccc(-c2ccccc2C#N)cc1. The second kappa shape index (κ2) is 22.7. The molecular weight excluding hydrogens is 883 g/mol. The normalized spacial score (nSPS) is 10.9. The lowest BCUT2D eigenvalue weighted by Gasteiger charge is -2.15. The summed E-state index contributed by atoms with van der Waals surface area (Å²) < 4.78 is 3.24. The van der Waals surface area contributed by atoms with Crippen molar-refractivity contribution in [2.24, 2.45) is 0 Å². The van der Waals surface area contributed by atoms with Crippen molar-refractivity contribution in [1.82, 2.24) is 49.7 Å². The lowest BCUT2D eigenvalue weighted by Crippen LogP contribution is -2.29. The van der Waals surface area contributed by atoms with Gasteiger partial charge in [-0.2, -0.15) is 5.26 Å². The van der Waals surface area contributed by atoms with Gasteiger partial charge in [-0.1, -0.05) is 130 Å². The van der Waals surface area contributed by atoms with E-state index in [-0.39, 0.29) is 11.1 Å². The summed E-state index contributed by atoms with van der Waals surface area (Å²) in [6.45, 7) is 12.0. The van der Waals surface area contributed by atoms with Crippen LogP contribution in [0.5, 0.6) is 0 Å². The van der Waals surface area contributed by atoms with Crippen LogP contribution in [0.4, 0.5) is 0 Å². The van der Waals surface area contributed by atoms with Crippen molar-refractivity contribution in [3.05, 3.63) is 216 Å². The predicted octanol–water partition coefficient (Wildman–Crippen LogP) is 10.7. The van der Waals surface area contributed by atoms with Gasteiger partial charge in [0.05, 0.1) is 23.0 Å². The molecule has 0 spiro atoms. The molecule has 9 rings (SSSR count). The molecule has 356 valence electrons. The van der Waals surface area contributed by atoms with Gasteiger partial charge < -0.3 is 0 Å². The number of hydrogen-bond donors (Lipinski definition) is 1. The number of nitriles is 1. The molecular formula is C58H57N11O2. The number of nitrogens with one attached hydrogen (secondary N) is 1. The monoisotopic (exact) mass is 939 g/mol. The van der Waals surface area contributed by atoms with Gasteiger partial charge in [-0.3, -0.25) is 9.59 Å². The minimum atomic E-state index is -0.0612. The maximum Gasteiger partial charge on any atom is 0.263 e. The lowest BCUT2D eigenvalue weighted by molar-refractivity contribution is 0.728. The average Bonchev–Trinajstić information content (AvgIpc) is 3.94. The van der Waals surface area contributed by atoms with Crippen LogP contribution in [0.3, 0.4) is 0 Å². The van der Waals surface area contributed by atoms with Crippen LogP contribution in [0, 0.1) is 39.0 Å². The number of tetrazole rings is 1. The Labute approximate surface area is 414 Å². The van der Waals surface area contributed by atoms with Gasteiger partial charge in [-0.15, -0.1) is 5.10 Å². The third kappa shape index (κ3) is 11.4. The molecule has 13 nitrogen and oxygen atoms in total. The predicted molar refractivity (Wildman–Crippen MR) is 279 cm³/mol. The summed E-state index contributed by atoms with van der Waals surface area (Å²) in [5.74, 6) is 3.12. The molecule has 0 aliphatic heterocycles. The Bertz CT molecular complexity index is 3410. The Hall–Kier alpha value is -8.50. The van der Waals surface area contributed by atoms with Crippen LogP contribution < -0.4 is 11.1 Å². The molecule has 5 aromatic heterocycles. The molecule has 0 unspecified atom stereocenters. The van der Waals surface area contributed by atoms with Crippen molar-refractivity contribution in [3.8, 4) is 51.3 Å². The highest BCUT2D eigenvalue weighted by atomic mass is 16.1. The second-order valence-corrected chi connectivity index (χ2v) is 17.7. The largest absolute Gasteiger partial charge is 0.268 e. The van der Waals surface area contributed by atoms with Crippen molar-refractivity contribution < 1.29 is 0 Å². The first-order valence-electron chi connectivity index (χ1n) is 24.2. The number of unbranched alkanes of at least 4 members (excludes halogenated alkanes) is 2. The zero-order chi connectivity index (χ0) is 49.9. The van der Waals surface area contributed by atoms with E-state index in [4.69, 9.17) is 9.97 Å². The highest BCUT2D eigenvalue weighted by Crippen LogP contribution is 2.30. The first-order chi connectivity index (χ1) is 34.6. The van der Waals surface area contributed by atoms with Crippen LogP contribution in [-0.2, 0) is 25.7 Å². The molecule has 0 aliphatic carbocycles. The number of aryl methyl sites for hydroxylation is 6. The van der Waals surface area contributed by atoms with Gasteiger partial charge in [0.1, 0.15) is 23.3 Å². The zero-order valence-corrected chi connectivity index (χ0v) is 41.1. The minimum Gasteiger partial charge on any atom is -0.268 e. The Morgan fingerprint density at radius 1 is 0.563 bits per heavy atom. The smallest absolute Gasteiger partial charge is 0.263 e. The fraction of sp³-hybridized carbons (Fsp3) is 0.241. The first kappa shape index (κ1) is 48.9. The third-order valence-corrected chi connectivity index (χ3v) is 12.5. The molecule has 0 amide bonds. The summed E-state index contributed by atoms with van der Waals surface area (Å²) in [7, 11) is 0. The van der Waals surface area contributed by atoms with E-state index in [1.54, 1.807) is 21.5 Å². The molecule has 0 radical (unpaired) electrons. The highest BCUT2D eigenvalue weighted by Gasteiger charge is 2.19. The van der Waals surface area contributed by atoms with Gasteiger partial charge in [-0.05, 0) is 127 Å². The van der Waals surface area contributed by atoms with Crippen LogP contribution in [-0.4, -0.2) is 49.7 Å². The number of aromatic nitrogens is 10. The molecule has 4 aromatic carbocycles. The number of pyridine rings is 2. The van der Waals surface area contributed by atoms with Crippen LogP contribution in [0.25, 0.3) is 45.3 Å². The number of H-pyrrole nitrogens is 1. The van der Waals surface area contributed by atoms with E-state index in [9.17, 15) is 14.9 Å². The summed E-state index contributed by atoms with van der Waals surface area (Å²) in [6.07, 6.45) is 10.1. The van der Waals surface area contributed by atoms with Crippen molar-refractivity contribution in [2.75, 3.05) is 0 Å². The van der Waals surface area contributed by atoms with Crippen molar-refractivity contribution in [2.45, 2.75) is 92.9 Å². The number of nitrogens with zero attached hydrogens (tertiary/aromatic N) is 10. The van der Waals surface area contributed by atoms with E-state index < -0.39 is 0 Å². The fourth-order valence-corrected chi connectivity index (χ4v) is 8.68. The average molecular weight is 940 g/mol. The molecule has 0 saturated carbocycles. The van der Waals surface area contributed by atoms with Crippen molar-refractivity contribution in [3.63, 3.8) is 0 Å². The molecule has 9 aromatic rings. The van der Waals surface area contributed by atoms with Gasteiger partial charge in [-0.25, -0.2) is 34.2 Å². The summed E-state index contributed by atoms with van der Waals surface area (Å²) in [6, 6.07) is 41.9. The molecule has 13 heteroatoms. The molecule has 0 atom stereocenters. The summed E-state index contributed by atoms with van der Waals surface area (Å²) in [5, 5.41) is 23.7. The van der Waals surface area contributed by atoms with E-state index in [0.29, 0.717) is 53.1 Å². The molecule has 0 bridgehead atoms. The quantitative estimate of drug-likeness (QED) is 0.104. The molecule has 0 fully saturated rings. The summed E-state index contributed by atoms with van der Waals surface area (Å²) >= 11 is 0. The van der Waals surface area contributed by atoms with Gasteiger partial charge in [0.15, 0.2) is 5.82 Å². The van der Waals surface area contributed by atoms with Crippen LogP contribution in [0.15, 0.2) is 143 Å². The number of aromatic amines is 1. The number of rotatable bonds is 15. The maximum atomic E-state index is 13.8. The Kier molecular flexibility index (Phi) is 15.7. The molecule has 1 N–H and O–H groups in total. The van der Waals surface area contributed by atoms with Gasteiger partial charge in [0, 0.05) is 41.9 Å². The van der Waals surface area contributed by atoms with E-state index in [0.717, 1.165) is 106 Å². The standard InChI is InChI=1S/C29H29N7O.C29H28N4O/c1-4-5-10-26-25(29(37)36(20(3)31-26)27-16-11-19(2)18-30-27)17-21-12-14-22(15-13-21)23-8-6-7-9-24(23)28-32-34-35-33-28;1-4-5-10-27-26(29(34)33(21(3)32-27)28-16-11-20(2)19-31-28)17-22-12-14-23(15-13-22)25-9-7-6-8-24(25)18-30/h6-9,11-16,18H,4-5,10,17H2,1-3H3,(H,32,33,34,35);6-9,11-16,19H,4-5,10,17H2,1-3H3. The van der Waals surface area contributed by atoms with Gasteiger partial charge in [0.25, 0.3) is 11.1 Å². The van der Waals surface area contributed by atoms with Crippen molar-refractivity contribution in [1.29, 1.82) is 5.26 Å². The van der Waals surface area contributed by atoms with E-state index in [1.165, 1.54) is 0 Å². The number of benzene rings is 4. The zero-order valence-electron chi connectivity index (χ0n) is 41.1. The summed E-state index contributed by atoms with van der Waals surface area (Å²) in [4.78, 5) is 46.1. The van der Waals surface area contributed by atoms with E-state index in [2.05, 4.69) is 74.8 Å². The second-order valence-electron chi connectivity index (χ2n) is 17.7. The fourth-order valence-electron chi connectivity index (χ4n) is 8.68. The van der Waals surface area contributed by atoms with Gasteiger partial charge >= 0.3 is 0 Å². The van der Waals surface area contributed by atoms with Crippen LogP contribution in [0.1, 0.15) is 102 Å². The summed E-state index contributed by atoms with van der Waals surface area (Å²) in [5.41, 5.74) is 12.8. The maximum absolute atomic E-state index is 13.8. The molecule has 71 heavy (non-hydrogen) atoms. The van der Waals surface area contributed by atoms with Gasteiger partial charge in [0.2, 0.25) is 0 Å². The minimum absolute atomic E-state index is 0.0535. The third-order valence-electron chi connectivity index (χ3n) is 12.5. The van der Waals surface area contributed by atoms with Crippen molar-refractivity contribution >= 4 is 0 Å². The van der Waals surface area contributed by atoms with E-state index >= 15 is 0 Å². The molecule has 5 heterocycles. The van der Waals surface area contributed by atoms with E-state index in [1.807, 2.05) is 125 Å². The highest BCUT2D eigenvalue weighted by molar-refractivity contribution is 5.80.